The Kier molecular flexibility index (Phi) is 3.22. The maximum Gasteiger partial charge on any atom is 0.573 e. The van der Waals surface area contributed by atoms with E-state index in [4.69, 9.17) is 0 Å². The fraction of sp³-hybridized carbons (Fsp3) is 0.200. The van der Waals surface area contributed by atoms with Crippen molar-refractivity contribution in [3.8, 4) is 5.75 Å². The molecule has 148 valence electrons. The number of fused-ring (bicyclic) bond motifs is 3. The molecule has 2 aliphatic rings. The van der Waals surface area contributed by atoms with E-state index in [1.165, 1.54) is 40.6 Å². The van der Waals surface area contributed by atoms with Crippen LogP contribution >= 0.6 is 0 Å². The molecule has 2 amide bonds. The lowest BCUT2D eigenvalue weighted by atomic mass is 9.80. The average Bonchev–Trinajstić information content (AvgIpc) is 3.18. The highest BCUT2D eigenvalue weighted by atomic mass is 19.4. The van der Waals surface area contributed by atoms with Crippen LogP contribution in [0.5, 0.6) is 5.75 Å². The Morgan fingerprint density at radius 2 is 1.76 bits per heavy atom. The second-order valence-corrected chi connectivity index (χ2v) is 7.07. The maximum atomic E-state index is 13.5. The van der Waals surface area contributed by atoms with E-state index in [-0.39, 0.29) is 5.56 Å². The van der Waals surface area contributed by atoms with Gasteiger partial charge in [0.05, 0.1) is 11.2 Å². The number of hydrogen-bond acceptors (Lipinski definition) is 3. The van der Waals surface area contributed by atoms with Gasteiger partial charge in [-0.3, -0.25) is 9.36 Å². The largest absolute Gasteiger partial charge is 0.573 e. The summed E-state index contributed by atoms with van der Waals surface area (Å²) in [6.07, 6.45) is -3.26. The first-order chi connectivity index (χ1) is 13.7. The molecule has 1 unspecified atom stereocenters. The van der Waals surface area contributed by atoms with E-state index in [0.29, 0.717) is 16.8 Å². The summed E-state index contributed by atoms with van der Waals surface area (Å²) < 4.78 is 43.9. The number of hydrogen-bond donors (Lipinski definition) is 0. The van der Waals surface area contributed by atoms with Crippen molar-refractivity contribution in [1.82, 2.24) is 9.47 Å². The highest BCUT2D eigenvalue weighted by Crippen LogP contribution is 2.52. The van der Waals surface area contributed by atoms with E-state index in [0.717, 1.165) is 11.5 Å². The van der Waals surface area contributed by atoms with Gasteiger partial charge >= 0.3 is 12.4 Å². The van der Waals surface area contributed by atoms with Gasteiger partial charge in [0.15, 0.2) is 5.54 Å². The Morgan fingerprint density at radius 1 is 1.00 bits per heavy atom. The summed E-state index contributed by atoms with van der Waals surface area (Å²) in [5.41, 5.74) is 0.193. The van der Waals surface area contributed by atoms with Crippen molar-refractivity contribution in [3.63, 3.8) is 0 Å². The summed E-state index contributed by atoms with van der Waals surface area (Å²) in [6, 6.07) is 10.3. The summed E-state index contributed by atoms with van der Waals surface area (Å²) >= 11 is 0. The third-order valence-corrected chi connectivity index (χ3v) is 5.66. The molecule has 2 aromatic carbocycles. The minimum Gasteiger partial charge on any atom is -0.406 e. The number of aromatic nitrogens is 1. The van der Waals surface area contributed by atoms with Crippen LogP contribution in [0.2, 0.25) is 0 Å². The van der Waals surface area contributed by atoms with Gasteiger partial charge in [0, 0.05) is 36.8 Å². The van der Waals surface area contributed by atoms with Crippen molar-refractivity contribution in [2.45, 2.75) is 11.9 Å². The molecule has 3 aromatic rings. The normalized spacial score (nSPS) is 20.7. The van der Waals surface area contributed by atoms with Gasteiger partial charge in [-0.15, -0.1) is 13.2 Å². The van der Waals surface area contributed by atoms with Crippen LogP contribution in [0.15, 0.2) is 48.7 Å². The van der Waals surface area contributed by atoms with Crippen molar-refractivity contribution in [1.29, 1.82) is 0 Å². The second kappa shape index (κ2) is 5.31. The molecule has 0 saturated carbocycles. The number of benzene rings is 2. The third-order valence-electron chi connectivity index (χ3n) is 5.66. The van der Waals surface area contributed by atoms with Gasteiger partial charge in [0.25, 0.3) is 5.91 Å². The highest BCUT2D eigenvalue weighted by Gasteiger charge is 2.59. The van der Waals surface area contributed by atoms with Crippen LogP contribution in [0, 0.1) is 0 Å². The number of alkyl halides is 3. The van der Waals surface area contributed by atoms with Gasteiger partial charge in [0.2, 0.25) is 0 Å². The van der Waals surface area contributed by atoms with Crippen LogP contribution in [-0.2, 0) is 10.3 Å². The molecule has 1 spiro atoms. The molecule has 0 N–H and O–H groups in total. The van der Waals surface area contributed by atoms with Gasteiger partial charge < -0.3 is 14.5 Å². The van der Waals surface area contributed by atoms with Gasteiger partial charge in [-0.25, -0.2) is 4.79 Å². The Labute approximate surface area is 162 Å². The zero-order chi connectivity index (χ0) is 20.7. The zero-order valence-corrected chi connectivity index (χ0v) is 15.3. The molecule has 0 aliphatic carbocycles. The van der Waals surface area contributed by atoms with Crippen molar-refractivity contribution >= 4 is 28.5 Å². The highest BCUT2D eigenvalue weighted by molar-refractivity contribution is 6.15. The van der Waals surface area contributed by atoms with Crippen LogP contribution in [0.25, 0.3) is 10.9 Å². The maximum absolute atomic E-state index is 13.5. The molecule has 3 heterocycles. The van der Waals surface area contributed by atoms with Gasteiger partial charge in [-0.1, -0.05) is 18.2 Å². The van der Waals surface area contributed by atoms with Crippen LogP contribution in [0.4, 0.5) is 23.7 Å². The van der Waals surface area contributed by atoms with Crippen LogP contribution in [0.3, 0.4) is 0 Å². The summed E-state index contributed by atoms with van der Waals surface area (Å²) in [5, 5.41) is 0.759. The molecule has 9 heteroatoms. The van der Waals surface area contributed by atoms with E-state index < -0.39 is 29.6 Å². The number of halogens is 3. The molecule has 0 saturated heterocycles. The Hall–Kier alpha value is -3.49. The Balaban J connectivity index is 1.86. The van der Waals surface area contributed by atoms with Crippen molar-refractivity contribution in [2.75, 3.05) is 19.0 Å². The number of para-hydroxylation sites is 1. The summed E-state index contributed by atoms with van der Waals surface area (Å²) in [6.45, 7) is 0. The lowest BCUT2D eigenvalue weighted by molar-refractivity contribution is -0.274. The standard InChI is InChI=1S/C20H14F3N3O3/c1-24-15-7-6-12(29-20(21,22)23)10-14(15)19(17(24)27)13-5-3-4-11-8-9-26(16(11)13)18(28)25(19)2/h3-10H,1-2H3. The minimum absolute atomic E-state index is 0.266. The SMILES string of the molecule is CN1C(=O)C2(c3cc(OC(F)(F)F)ccc31)c1cccc3ccn(c13)C(=O)N2C. The number of anilines is 1. The van der Waals surface area contributed by atoms with Crippen LogP contribution in [0.1, 0.15) is 11.1 Å². The number of ether oxygens (including phenoxy) is 1. The van der Waals surface area contributed by atoms with Crippen LogP contribution < -0.4 is 9.64 Å². The summed E-state index contributed by atoms with van der Waals surface area (Å²) in [7, 11) is 3.01. The van der Waals surface area contributed by atoms with E-state index in [1.54, 1.807) is 24.4 Å². The molecule has 0 fully saturated rings. The monoisotopic (exact) mass is 401 g/mol. The fourth-order valence-electron chi connectivity index (χ4n) is 4.48. The Bertz CT molecular complexity index is 1220. The van der Waals surface area contributed by atoms with Crippen LogP contribution in [-0.4, -0.2) is 41.9 Å². The van der Waals surface area contributed by atoms with E-state index >= 15 is 0 Å². The van der Waals surface area contributed by atoms with Gasteiger partial charge in [-0.2, -0.15) is 0 Å². The third kappa shape index (κ3) is 2.07. The average molecular weight is 401 g/mol. The molecular formula is C20H14F3N3O3. The first-order valence-electron chi connectivity index (χ1n) is 8.73. The number of carbonyl (C=O) groups is 2. The van der Waals surface area contributed by atoms with Gasteiger partial charge in [-0.05, 0) is 24.3 Å². The smallest absolute Gasteiger partial charge is 0.406 e. The van der Waals surface area contributed by atoms with E-state index in [9.17, 15) is 22.8 Å². The number of likely N-dealkylation sites (N-methyl/N-ethyl adjacent to an activating group) is 2. The Morgan fingerprint density at radius 3 is 2.48 bits per heavy atom. The second-order valence-electron chi connectivity index (χ2n) is 7.07. The molecular weight excluding hydrogens is 387 g/mol. The molecule has 1 aromatic heterocycles. The molecule has 29 heavy (non-hydrogen) atoms. The van der Waals surface area contributed by atoms with Crippen molar-refractivity contribution in [3.05, 3.63) is 59.8 Å². The first kappa shape index (κ1) is 17.6. The fourth-order valence-corrected chi connectivity index (χ4v) is 4.48. The lowest BCUT2D eigenvalue weighted by Crippen LogP contribution is -2.57. The summed E-state index contributed by atoms with van der Waals surface area (Å²) in [4.78, 5) is 29.3. The van der Waals surface area contributed by atoms with E-state index in [2.05, 4.69) is 4.74 Å². The van der Waals surface area contributed by atoms with Crippen molar-refractivity contribution < 1.29 is 27.5 Å². The van der Waals surface area contributed by atoms with Gasteiger partial charge in [0.1, 0.15) is 5.75 Å². The predicted molar refractivity (Wildman–Crippen MR) is 97.8 cm³/mol. The number of amides is 2. The number of rotatable bonds is 1. The molecule has 1 atom stereocenters. The molecule has 0 radical (unpaired) electrons. The number of carbonyl (C=O) groups excluding carboxylic acids is 2. The first-order valence-corrected chi connectivity index (χ1v) is 8.73. The lowest BCUT2D eigenvalue weighted by Gasteiger charge is -2.41. The quantitative estimate of drug-likeness (QED) is 0.625. The topological polar surface area (TPSA) is 54.8 Å². The predicted octanol–water partition coefficient (Wildman–Crippen LogP) is 3.67. The number of nitrogens with zero attached hydrogens (tertiary/aromatic N) is 3. The van der Waals surface area contributed by atoms with Crippen molar-refractivity contribution in [2.24, 2.45) is 0 Å². The molecule has 2 aliphatic heterocycles. The molecule has 5 rings (SSSR count). The summed E-state index contributed by atoms with van der Waals surface area (Å²) in [5.74, 6) is -0.875. The zero-order valence-electron chi connectivity index (χ0n) is 15.3. The van der Waals surface area contributed by atoms with E-state index in [1.807, 2.05) is 6.07 Å². The minimum atomic E-state index is -4.88. The molecule has 6 nitrogen and oxygen atoms in total. The molecule has 0 bridgehead atoms.